The van der Waals surface area contributed by atoms with Crippen LogP contribution in [0.3, 0.4) is 0 Å². The van der Waals surface area contributed by atoms with E-state index in [1.54, 1.807) is 16.7 Å². The molecule has 11 nitrogen and oxygen atoms in total. The van der Waals surface area contributed by atoms with Gasteiger partial charge in [0.1, 0.15) is 5.75 Å². The number of aromatic nitrogens is 5. The lowest BCUT2D eigenvalue weighted by Crippen LogP contribution is -2.15. The highest BCUT2D eigenvalue weighted by molar-refractivity contribution is 7.99. The lowest BCUT2D eigenvalue weighted by Gasteiger charge is -2.11. The van der Waals surface area contributed by atoms with Crippen molar-refractivity contribution in [1.82, 2.24) is 25.1 Å². The monoisotopic (exact) mass is 465 g/mol. The van der Waals surface area contributed by atoms with E-state index in [9.17, 15) is 9.59 Å². The number of ether oxygens (including phenoxy) is 1. The number of benzene rings is 2. The topological polar surface area (TPSA) is 137 Å². The summed E-state index contributed by atoms with van der Waals surface area (Å²) < 4.78 is 11.8. The summed E-state index contributed by atoms with van der Waals surface area (Å²) in [5.74, 6) is 0.487. The number of rotatable bonds is 8. The molecule has 0 bridgehead atoms. The Balaban J connectivity index is 1.61. The molecule has 0 unspecified atom stereocenters. The highest BCUT2D eigenvalue weighted by Crippen LogP contribution is 2.30. The average Bonchev–Trinajstić information content (AvgIpc) is 3.44. The molecule has 0 saturated carbocycles. The molecule has 2 aromatic heterocycles. The first-order valence-electron chi connectivity index (χ1n) is 9.74. The van der Waals surface area contributed by atoms with Gasteiger partial charge in [-0.25, -0.2) is 4.63 Å². The van der Waals surface area contributed by atoms with Crippen LogP contribution < -0.4 is 15.4 Å². The Labute approximate surface area is 192 Å². The Hall–Kier alpha value is -4.19. The molecule has 0 saturated heterocycles. The number of carbonyl (C=O) groups is 2. The van der Waals surface area contributed by atoms with Gasteiger partial charge in [-0.2, -0.15) is 0 Å². The third-order valence-electron chi connectivity index (χ3n) is 4.36. The maximum absolute atomic E-state index is 12.6. The van der Waals surface area contributed by atoms with Gasteiger partial charge < -0.3 is 15.4 Å². The van der Waals surface area contributed by atoms with Crippen molar-refractivity contribution in [2.45, 2.75) is 12.1 Å². The van der Waals surface area contributed by atoms with Crippen molar-refractivity contribution in [3.05, 3.63) is 54.6 Å². The third-order valence-corrected chi connectivity index (χ3v) is 5.28. The molecule has 2 amide bonds. The first kappa shape index (κ1) is 22.0. The van der Waals surface area contributed by atoms with Crippen LogP contribution in [-0.4, -0.2) is 49.8 Å². The Morgan fingerprint density at radius 3 is 2.55 bits per heavy atom. The minimum atomic E-state index is -0.333. The zero-order valence-electron chi connectivity index (χ0n) is 17.7. The van der Waals surface area contributed by atoms with Crippen LogP contribution in [0, 0.1) is 0 Å². The van der Waals surface area contributed by atoms with Crippen molar-refractivity contribution in [3.63, 3.8) is 0 Å². The minimum Gasteiger partial charge on any atom is -0.495 e. The van der Waals surface area contributed by atoms with Crippen molar-refractivity contribution in [2.24, 2.45) is 0 Å². The second-order valence-electron chi connectivity index (χ2n) is 6.66. The van der Waals surface area contributed by atoms with Crippen molar-refractivity contribution < 1.29 is 19.0 Å². The summed E-state index contributed by atoms with van der Waals surface area (Å²) in [6, 6.07) is 16.5. The smallest absolute Gasteiger partial charge is 0.234 e. The third kappa shape index (κ3) is 5.01. The molecule has 0 fully saturated rings. The molecule has 2 aromatic carbocycles. The van der Waals surface area contributed by atoms with Gasteiger partial charge in [-0.05, 0) is 34.6 Å². The molecule has 0 atom stereocenters. The van der Waals surface area contributed by atoms with Gasteiger partial charge in [-0.1, -0.05) is 42.1 Å². The summed E-state index contributed by atoms with van der Waals surface area (Å²) in [7, 11) is 1.54. The molecular weight excluding hydrogens is 446 g/mol. The van der Waals surface area contributed by atoms with Crippen LogP contribution >= 0.6 is 11.8 Å². The predicted molar refractivity (Wildman–Crippen MR) is 121 cm³/mol. The van der Waals surface area contributed by atoms with Crippen LogP contribution in [0.15, 0.2) is 64.4 Å². The largest absolute Gasteiger partial charge is 0.495 e. The second kappa shape index (κ2) is 9.96. The van der Waals surface area contributed by atoms with Crippen LogP contribution in [0.4, 0.5) is 11.5 Å². The summed E-state index contributed by atoms with van der Waals surface area (Å²) in [6.07, 6.45) is 0. The summed E-state index contributed by atoms with van der Waals surface area (Å²) in [5.41, 5.74) is 1.53. The Morgan fingerprint density at radius 2 is 1.79 bits per heavy atom. The number of nitrogens with zero attached hydrogens (tertiary/aromatic N) is 5. The number of amides is 2. The molecular formula is C21H19N7O4S. The van der Waals surface area contributed by atoms with E-state index in [4.69, 9.17) is 9.37 Å². The van der Waals surface area contributed by atoms with E-state index in [0.717, 1.165) is 5.69 Å². The number of carbonyl (C=O) groups excluding carboxylic acids is 2. The fourth-order valence-electron chi connectivity index (χ4n) is 2.97. The molecule has 0 aliphatic heterocycles. The Bertz CT molecular complexity index is 1270. The predicted octanol–water partition coefficient (Wildman–Crippen LogP) is 3.02. The fourth-order valence-corrected chi connectivity index (χ4v) is 3.73. The summed E-state index contributed by atoms with van der Waals surface area (Å²) in [5, 5.41) is 21.9. The van der Waals surface area contributed by atoms with Crippen LogP contribution in [0.5, 0.6) is 5.75 Å². The number of hydrogen-bond donors (Lipinski definition) is 2. The van der Waals surface area contributed by atoms with E-state index in [0.29, 0.717) is 22.4 Å². The molecule has 168 valence electrons. The van der Waals surface area contributed by atoms with Crippen molar-refractivity contribution >= 4 is 35.1 Å². The molecule has 2 heterocycles. The number of thioether (sulfide) groups is 1. The van der Waals surface area contributed by atoms with Crippen molar-refractivity contribution in [1.29, 1.82) is 0 Å². The van der Waals surface area contributed by atoms with Gasteiger partial charge in [-0.3, -0.25) is 14.2 Å². The molecule has 0 spiro atoms. The molecule has 33 heavy (non-hydrogen) atoms. The Kier molecular flexibility index (Phi) is 6.64. The zero-order valence-corrected chi connectivity index (χ0v) is 18.5. The highest BCUT2D eigenvalue weighted by atomic mass is 32.2. The molecule has 0 radical (unpaired) electrons. The SMILES string of the molecule is COc1ccccc1NC(=O)CSc1nnc(-c2nonc2NC(C)=O)n1-c1ccccc1. The summed E-state index contributed by atoms with van der Waals surface area (Å²) in [6.45, 7) is 1.35. The minimum absolute atomic E-state index is 0.0681. The van der Waals surface area contributed by atoms with Gasteiger partial charge in [-0.15, -0.1) is 10.2 Å². The lowest BCUT2D eigenvalue weighted by atomic mass is 10.3. The quantitative estimate of drug-likeness (QED) is 0.376. The number of methoxy groups -OCH3 is 1. The van der Waals surface area contributed by atoms with E-state index in [-0.39, 0.29) is 29.1 Å². The van der Waals surface area contributed by atoms with Crippen LogP contribution in [0.25, 0.3) is 17.2 Å². The van der Waals surface area contributed by atoms with Gasteiger partial charge in [0.25, 0.3) is 0 Å². The average molecular weight is 465 g/mol. The van der Waals surface area contributed by atoms with Crippen molar-refractivity contribution in [2.75, 3.05) is 23.5 Å². The molecule has 0 aliphatic carbocycles. The van der Waals surface area contributed by atoms with E-state index in [1.807, 2.05) is 42.5 Å². The van der Waals surface area contributed by atoms with Gasteiger partial charge in [0.2, 0.25) is 17.6 Å². The molecule has 0 aliphatic rings. The summed E-state index contributed by atoms with van der Waals surface area (Å²) >= 11 is 1.19. The van der Waals surface area contributed by atoms with Crippen LogP contribution in [0.2, 0.25) is 0 Å². The normalized spacial score (nSPS) is 10.6. The standard InChI is InChI=1S/C21H19N7O4S/c1-13(29)22-19-18(26-32-27-19)20-24-25-21(28(20)14-8-4-3-5-9-14)33-12-17(30)23-15-10-6-7-11-16(15)31-2/h3-11H,12H2,1-2H3,(H,23,30)(H,22,27,29). The van der Waals surface area contributed by atoms with Crippen LogP contribution in [-0.2, 0) is 9.59 Å². The second-order valence-corrected chi connectivity index (χ2v) is 7.60. The van der Waals surface area contributed by atoms with E-state index in [2.05, 4.69) is 31.1 Å². The van der Waals surface area contributed by atoms with Gasteiger partial charge in [0.15, 0.2) is 16.7 Å². The van der Waals surface area contributed by atoms with Crippen molar-refractivity contribution in [3.8, 4) is 23.0 Å². The lowest BCUT2D eigenvalue weighted by molar-refractivity contribution is -0.114. The fraction of sp³-hybridized carbons (Fsp3) is 0.143. The number of hydrogen-bond acceptors (Lipinski definition) is 9. The van der Waals surface area contributed by atoms with Gasteiger partial charge >= 0.3 is 0 Å². The molecule has 12 heteroatoms. The first-order valence-corrected chi connectivity index (χ1v) is 10.7. The van der Waals surface area contributed by atoms with Crippen LogP contribution in [0.1, 0.15) is 6.92 Å². The number of nitrogens with one attached hydrogen (secondary N) is 2. The van der Waals surface area contributed by atoms with Gasteiger partial charge in [0, 0.05) is 12.6 Å². The maximum atomic E-state index is 12.6. The number of anilines is 2. The van der Waals surface area contributed by atoms with Gasteiger partial charge in [0.05, 0.1) is 18.6 Å². The maximum Gasteiger partial charge on any atom is 0.234 e. The van der Waals surface area contributed by atoms with E-state index in [1.165, 1.54) is 25.8 Å². The zero-order chi connectivity index (χ0) is 23.2. The number of para-hydroxylation sites is 3. The van der Waals surface area contributed by atoms with E-state index < -0.39 is 0 Å². The molecule has 4 aromatic rings. The first-order chi connectivity index (χ1) is 16.1. The Morgan fingerprint density at radius 1 is 1.03 bits per heavy atom. The van der Waals surface area contributed by atoms with E-state index >= 15 is 0 Å². The molecule has 2 N–H and O–H groups in total. The molecule has 4 rings (SSSR count). The highest BCUT2D eigenvalue weighted by Gasteiger charge is 2.24. The summed E-state index contributed by atoms with van der Waals surface area (Å²) in [4.78, 5) is 24.1.